The van der Waals surface area contributed by atoms with E-state index in [-0.39, 0.29) is 12.5 Å². The van der Waals surface area contributed by atoms with Crippen molar-refractivity contribution >= 4 is 5.97 Å². The number of hydrogen-bond donors (Lipinski definition) is 2. The topological polar surface area (TPSA) is 89.3 Å². The third-order valence-corrected chi connectivity index (χ3v) is 2.50. The molecule has 0 aliphatic heterocycles. The average Bonchev–Trinajstić information content (AvgIpc) is 2.72. The summed E-state index contributed by atoms with van der Waals surface area (Å²) in [5.74, 6) is 0.386. The summed E-state index contributed by atoms with van der Waals surface area (Å²) in [5, 5.41) is 20.5. The van der Waals surface area contributed by atoms with Crippen molar-refractivity contribution < 1.29 is 14.6 Å². The van der Waals surface area contributed by atoms with Crippen molar-refractivity contribution in [3.05, 3.63) is 12.2 Å². The number of hydrogen-bond acceptors (Lipinski definition) is 6. The number of nitrogens with zero attached hydrogens (tertiary/aromatic N) is 3. The van der Waals surface area contributed by atoms with Gasteiger partial charge < -0.3 is 19.7 Å². The van der Waals surface area contributed by atoms with Crippen LogP contribution in [0.15, 0.2) is 6.33 Å². The first-order valence-corrected chi connectivity index (χ1v) is 5.95. The number of aliphatic hydroxyl groups excluding tert-OH is 1. The van der Waals surface area contributed by atoms with Crippen LogP contribution in [-0.4, -0.2) is 45.1 Å². The monoisotopic (exact) mass is 256 g/mol. The average molecular weight is 256 g/mol. The maximum absolute atomic E-state index is 11.1. The van der Waals surface area contributed by atoms with Gasteiger partial charge in [-0.2, -0.15) is 0 Å². The van der Waals surface area contributed by atoms with Gasteiger partial charge in [0.05, 0.1) is 25.2 Å². The zero-order chi connectivity index (χ0) is 13.5. The van der Waals surface area contributed by atoms with Gasteiger partial charge in [0.25, 0.3) is 0 Å². The molecule has 0 aromatic carbocycles. The fourth-order valence-corrected chi connectivity index (χ4v) is 1.57. The van der Waals surface area contributed by atoms with Crippen LogP contribution in [0.5, 0.6) is 0 Å². The molecule has 0 radical (unpaired) electrons. The molecule has 0 spiro atoms. The molecule has 7 heteroatoms. The SMILES string of the molecule is CCOC(=O)CC(O)CNC(C)c1nncn1C. The van der Waals surface area contributed by atoms with Crippen LogP contribution in [0.1, 0.15) is 32.1 Å². The van der Waals surface area contributed by atoms with Crippen molar-refractivity contribution in [2.75, 3.05) is 13.2 Å². The minimum atomic E-state index is -0.764. The summed E-state index contributed by atoms with van der Waals surface area (Å²) in [6.07, 6.45) is 0.842. The number of esters is 1. The highest BCUT2D eigenvalue weighted by atomic mass is 16.5. The van der Waals surface area contributed by atoms with Gasteiger partial charge in [-0.3, -0.25) is 4.79 Å². The van der Waals surface area contributed by atoms with Crippen molar-refractivity contribution in [1.29, 1.82) is 0 Å². The number of nitrogens with one attached hydrogen (secondary N) is 1. The number of aliphatic hydroxyl groups is 1. The predicted octanol–water partition coefficient (Wildman–Crippen LogP) is -0.220. The smallest absolute Gasteiger partial charge is 0.308 e. The minimum absolute atomic E-state index is 0.00756. The highest BCUT2D eigenvalue weighted by Crippen LogP contribution is 2.07. The van der Waals surface area contributed by atoms with E-state index >= 15 is 0 Å². The molecule has 2 N–H and O–H groups in total. The van der Waals surface area contributed by atoms with Gasteiger partial charge in [0, 0.05) is 13.6 Å². The second kappa shape index (κ2) is 7.07. The zero-order valence-electron chi connectivity index (χ0n) is 11.0. The van der Waals surface area contributed by atoms with Crippen LogP contribution in [-0.2, 0) is 16.6 Å². The third-order valence-electron chi connectivity index (χ3n) is 2.50. The van der Waals surface area contributed by atoms with Crippen molar-refractivity contribution in [2.45, 2.75) is 32.4 Å². The van der Waals surface area contributed by atoms with Crippen LogP contribution >= 0.6 is 0 Å². The number of rotatable bonds is 7. The van der Waals surface area contributed by atoms with Crippen molar-refractivity contribution in [3.63, 3.8) is 0 Å². The van der Waals surface area contributed by atoms with Crippen LogP contribution in [0.2, 0.25) is 0 Å². The number of carbonyl (C=O) groups is 1. The summed E-state index contributed by atoms with van der Waals surface area (Å²) >= 11 is 0. The maximum Gasteiger partial charge on any atom is 0.308 e. The first kappa shape index (κ1) is 14.6. The second-order valence-electron chi connectivity index (χ2n) is 4.09. The fraction of sp³-hybridized carbons (Fsp3) is 0.727. The summed E-state index contributed by atoms with van der Waals surface area (Å²) in [5.41, 5.74) is 0. The molecule has 0 fully saturated rings. The molecular weight excluding hydrogens is 236 g/mol. The molecule has 0 aliphatic carbocycles. The van der Waals surface area contributed by atoms with E-state index in [4.69, 9.17) is 4.74 Å². The van der Waals surface area contributed by atoms with Gasteiger partial charge in [0.15, 0.2) is 0 Å². The predicted molar refractivity (Wildman–Crippen MR) is 64.7 cm³/mol. The maximum atomic E-state index is 11.1. The van der Waals surface area contributed by atoms with E-state index in [9.17, 15) is 9.90 Å². The Bertz CT molecular complexity index is 380. The highest BCUT2D eigenvalue weighted by Gasteiger charge is 2.15. The molecule has 0 amide bonds. The molecule has 0 bridgehead atoms. The van der Waals surface area contributed by atoms with Gasteiger partial charge in [0.1, 0.15) is 12.2 Å². The third kappa shape index (κ3) is 4.42. The Morgan fingerprint density at radius 3 is 2.94 bits per heavy atom. The molecule has 1 rings (SSSR count). The lowest BCUT2D eigenvalue weighted by Gasteiger charge is -2.16. The first-order chi connectivity index (χ1) is 8.54. The van der Waals surface area contributed by atoms with E-state index in [2.05, 4.69) is 15.5 Å². The van der Waals surface area contributed by atoms with E-state index in [0.717, 1.165) is 5.82 Å². The quantitative estimate of drug-likeness (QED) is 0.656. The highest BCUT2D eigenvalue weighted by molar-refractivity contribution is 5.69. The number of aryl methyl sites for hydroxylation is 1. The molecular formula is C11H20N4O3. The van der Waals surface area contributed by atoms with Crippen LogP contribution in [0, 0.1) is 0 Å². The Hall–Kier alpha value is -1.47. The normalized spacial score (nSPS) is 14.2. The van der Waals surface area contributed by atoms with Crippen LogP contribution in [0.25, 0.3) is 0 Å². The summed E-state index contributed by atoms with van der Waals surface area (Å²) in [4.78, 5) is 11.1. The van der Waals surface area contributed by atoms with Crippen LogP contribution in [0.3, 0.4) is 0 Å². The fourth-order valence-electron chi connectivity index (χ4n) is 1.57. The second-order valence-corrected chi connectivity index (χ2v) is 4.09. The van der Waals surface area contributed by atoms with Crippen molar-refractivity contribution in [3.8, 4) is 0 Å². The largest absolute Gasteiger partial charge is 0.466 e. The molecule has 0 saturated carbocycles. The molecule has 1 heterocycles. The van der Waals surface area contributed by atoms with Gasteiger partial charge >= 0.3 is 5.97 Å². The number of carbonyl (C=O) groups excluding carboxylic acids is 1. The Balaban J connectivity index is 2.32. The minimum Gasteiger partial charge on any atom is -0.466 e. The van der Waals surface area contributed by atoms with Crippen LogP contribution in [0.4, 0.5) is 0 Å². The Labute approximate surface area is 106 Å². The Kier molecular flexibility index (Phi) is 5.73. The summed E-state index contributed by atoms with van der Waals surface area (Å²) in [6, 6.07) is -0.0469. The lowest BCUT2D eigenvalue weighted by molar-refractivity contribution is -0.145. The van der Waals surface area contributed by atoms with Gasteiger partial charge in [-0.15, -0.1) is 10.2 Å². The molecule has 1 aromatic rings. The van der Waals surface area contributed by atoms with E-state index in [1.165, 1.54) is 0 Å². The Morgan fingerprint density at radius 1 is 1.67 bits per heavy atom. The molecule has 1 aromatic heterocycles. The molecule has 102 valence electrons. The van der Waals surface area contributed by atoms with Gasteiger partial charge in [0.2, 0.25) is 0 Å². The zero-order valence-corrected chi connectivity index (χ0v) is 11.0. The molecule has 2 unspecified atom stereocenters. The summed E-state index contributed by atoms with van der Waals surface area (Å²) in [7, 11) is 1.85. The van der Waals surface area contributed by atoms with E-state index in [1.807, 2.05) is 14.0 Å². The number of ether oxygens (including phenoxy) is 1. The van der Waals surface area contributed by atoms with Gasteiger partial charge in [-0.25, -0.2) is 0 Å². The molecule has 2 atom stereocenters. The van der Waals surface area contributed by atoms with Crippen molar-refractivity contribution in [2.24, 2.45) is 7.05 Å². The summed E-state index contributed by atoms with van der Waals surface area (Å²) < 4.78 is 6.56. The van der Waals surface area contributed by atoms with E-state index in [1.54, 1.807) is 17.8 Å². The number of aromatic nitrogens is 3. The molecule has 18 heavy (non-hydrogen) atoms. The molecule has 0 saturated heterocycles. The van der Waals surface area contributed by atoms with Gasteiger partial charge in [-0.1, -0.05) is 0 Å². The Morgan fingerprint density at radius 2 is 2.39 bits per heavy atom. The lowest BCUT2D eigenvalue weighted by atomic mass is 10.2. The van der Waals surface area contributed by atoms with Crippen LogP contribution < -0.4 is 5.32 Å². The van der Waals surface area contributed by atoms with E-state index in [0.29, 0.717) is 13.2 Å². The van der Waals surface area contributed by atoms with Crippen molar-refractivity contribution in [1.82, 2.24) is 20.1 Å². The molecule has 7 nitrogen and oxygen atoms in total. The first-order valence-electron chi connectivity index (χ1n) is 5.95. The summed E-state index contributed by atoms with van der Waals surface area (Å²) in [6.45, 7) is 4.28. The lowest BCUT2D eigenvalue weighted by Crippen LogP contribution is -2.32. The van der Waals surface area contributed by atoms with Gasteiger partial charge in [-0.05, 0) is 13.8 Å². The van der Waals surface area contributed by atoms with E-state index < -0.39 is 12.1 Å². The standard InChI is InChI=1S/C11H20N4O3/c1-4-18-10(17)5-9(16)6-12-8(2)11-14-13-7-15(11)3/h7-9,12,16H,4-6H2,1-3H3. The molecule has 0 aliphatic rings.